The summed E-state index contributed by atoms with van der Waals surface area (Å²) >= 11 is 31.4. The van der Waals surface area contributed by atoms with Gasteiger partial charge in [-0.15, -0.1) is 11.3 Å². The number of fused-ring (bicyclic) bond motifs is 5. The molecule has 0 spiro atoms. The van der Waals surface area contributed by atoms with Crippen LogP contribution >= 0.6 is 69.3 Å². The van der Waals surface area contributed by atoms with E-state index in [1.54, 1.807) is 90.9 Å². The molecule has 0 amide bonds. The molecule has 1 aliphatic carbocycles. The van der Waals surface area contributed by atoms with E-state index in [1.807, 2.05) is 63.0 Å². The number of halogens is 5. The predicted molar refractivity (Wildman–Crippen MR) is 386 cm³/mol. The first-order valence-corrected chi connectivity index (χ1v) is 34.2. The highest BCUT2D eigenvalue weighted by Crippen LogP contribution is 2.30. The van der Waals surface area contributed by atoms with Gasteiger partial charge in [-0.25, -0.2) is 34.9 Å². The number of pyridine rings is 1. The Morgan fingerprint density at radius 2 is 1.21 bits per heavy atom. The molecule has 40 heteroatoms. The number of ether oxygens (including phenoxy) is 4. The zero-order valence-electron chi connectivity index (χ0n) is 54.5. The maximum absolute atomic E-state index is 9.18. The van der Waals surface area contributed by atoms with E-state index in [0.717, 1.165) is 58.7 Å². The molecule has 15 aromatic heterocycles. The van der Waals surface area contributed by atoms with Gasteiger partial charge in [0.2, 0.25) is 27.4 Å². The second kappa shape index (κ2) is 35.6. The summed E-state index contributed by atoms with van der Waals surface area (Å²) in [5, 5.41) is 29.3. The lowest BCUT2D eigenvalue weighted by molar-refractivity contribution is 0.110. The molecule has 0 radical (unpaired) electrons. The summed E-state index contributed by atoms with van der Waals surface area (Å²) in [5.41, 5.74) is 5.25. The van der Waals surface area contributed by atoms with E-state index in [9.17, 15) is 5.11 Å². The van der Waals surface area contributed by atoms with Crippen LogP contribution in [0.4, 0.5) is 29.1 Å². The summed E-state index contributed by atoms with van der Waals surface area (Å²) in [4.78, 5) is 76.7. The van der Waals surface area contributed by atoms with Gasteiger partial charge < -0.3 is 69.4 Å². The molecule has 1 saturated carbocycles. The van der Waals surface area contributed by atoms with Crippen molar-refractivity contribution in [2.75, 3.05) is 60.6 Å². The predicted octanol–water partition coefficient (Wildman–Crippen LogP) is 11.5. The smallest absolute Gasteiger partial charge is 0.298 e. The number of aromatic nitrogens is 22. The van der Waals surface area contributed by atoms with Crippen LogP contribution in [0.3, 0.4) is 0 Å². The molecule has 15 heterocycles. The molecular formula is C63H62Cl5N27O7S. The lowest BCUT2D eigenvalue weighted by atomic mass is 9.96. The number of thiazole rings is 1. The van der Waals surface area contributed by atoms with Crippen LogP contribution in [0.15, 0.2) is 137 Å². The molecule has 8 N–H and O–H groups in total. The van der Waals surface area contributed by atoms with Crippen LogP contribution in [-0.4, -0.2) is 153 Å². The number of aromatic amines is 2. The van der Waals surface area contributed by atoms with Gasteiger partial charge in [0.15, 0.2) is 39.9 Å². The highest BCUT2D eigenvalue weighted by atomic mass is 35.5. The second-order valence-electron chi connectivity index (χ2n) is 21.5. The van der Waals surface area contributed by atoms with Crippen LogP contribution in [-0.2, 0) is 44.0 Å². The molecule has 34 nitrogen and oxygen atoms in total. The fraction of sp³-hybridized carbons (Fsp3) is 0.254. The van der Waals surface area contributed by atoms with E-state index >= 15 is 0 Å². The van der Waals surface area contributed by atoms with Crippen molar-refractivity contribution in [2.24, 2.45) is 0 Å². The van der Waals surface area contributed by atoms with Crippen molar-refractivity contribution >= 4 is 143 Å². The van der Waals surface area contributed by atoms with Crippen molar-refractivity contribution in [3.05, 3.63) is 182 Å². The maximum Gasteiger partial charge on any atom is 0.298 e. The number of nitrogens with zero attached hydrogens (tertiary/aromatic N) is 20. The molecule has 0 unspecified atom stereocenters. The number of nitrogens with one attached hydrogen (secondary N) is 7. The number of anilines is 5. The van der Waals surface area contributed by atoms with Crippen molar-refractivity contribution < 1.29 is 32.9 Å². The Hall–Kier alpha value is -10.9. The second-order valence-corrected chi connectivity index (χ2v) is 24.3. The van der Waals surface area contributed by atoms with E-state index in [0.29, 0.717) is 143 Å². The van der Waals surface area contributed by atoms with Gasteiger partial charge in [-0.3, -0.25) is 18.4 Å². The number of rotatable bonds is 25. The van der Waals surface area contributed by atoms with Crippen molar-refractivity contribution in [3.63, 3.8) is 0 Å². The minimum atomic E-state index is -0.0708. The Labute approximate surface area is 612 Å². The van der Waals surface area contributed by atoms with Crippen molar-refractivity contribution in [1.82, 2.24) is 108 Å². The van der Waals surface area contributed by atoms with E-state index in [4.69, 9.17) is 85.8 Å². The number of hydrogen-bond acceptors (Lipinski definition) is 30. The van der Waals surface area contributed by atoms with Crippen LogP contribution in [0.1, 0.15) is 53.5 Å². The average molecular weight is 1520 g/mol. The number of H-pyrrole nitrogens is 2. The molecule has 1 fully saturated rings. The lowest BCUT2D eigenvalue weighted by Crippen LogP contribution is -2.24. The minimum absolute atomic E-state index is 0.0708. The van der Waals surface area contributed by atoms with E-state index in [1.165, 1.54) is 19.9 Å². The fourth-order valence-corrected chi connectivity index (χ4v) is 11.0. The van der Waals surface area contributed by atoms with Crippen molar-refractivity contribution in [3.8, 4) is 18.0 Å². The quantitative estimate of drug-likeness (QED) is 0.0150. The Kier molecular flexibility index (Phi) is 24.8. The zero-order valence-corrected chi connectivity index (χ0v) is 59.1. The minimum Gasteiger partial charge on any atom is -0.468 e. The number of methoxy groups -OCH3 is 2. The summed E-state index contributed by atoms with van der Waals surface area (Å²) in [6.07, 6.45) is 23.1. The van der Waals surface area contributed by atoms with E-state index in [2.05, 4.69) is 121 Å². The van der Waals surface area contributed by atoms with Crippen molar-refractivity contribution in [2.45, 2.75) is 71.1 Å². The molecule has 0 aliphatic heterocycles. The highest BCUT2D eigenvalue weighted by Gasteiger charge is 2.23. The molecule has 0 saturated heterocycles. The standard InChI is InChI=1S/C15H15ClN6O.C14H16ClN5O3.C13H14ClN5O3.C11H9ClN6.C10H8ClN5S/c16-14-20-12(18-8-9-4-6-17-7-5-9)11-13(21-14)22-15(19-11)23-10-2-1-3-10;1-21-5-3-7-23-14-17-10-11(16-8-9-4-2-6-22-9)18-13(15)19-12(10)20-14;1-21-13-16-9-10(15-7-8-3-2-6-22-8)17-12(14)18-11(9)19(13)4-5-20;12-9-5-10(18-4-3-14-11(18)17-9)15-6-8-1-2-13-7-16-8;11-7-5-8(14-6-9-12-2-4-17-9)16-3-1-13-10(16)15-7/h4-7,10H,1-3,8H2,(H2,18,19,20,21,22);2,4,6H,3,5,7-8H2,1H3,(H2,16,17,18,19,20);2-3,6,20H,4-5,7H2,1H3,(H,15,17,18);1-5,7,15H,6H2;1-5,14H,6H2. The number of imidazole rings is 5. The third-order valence-corrected chi connectivity index (χ3v) is 16.3. The number of furan rings is 2. The molecule has 0 aromatic carbocycles. The van der Waals surface area contributed by atoms with Crippen LogP contribution in [0.5, 0.6) is 18.0 Å². The Balaban J connectivity index is 0.000000122. The summed E-state index contributed by atoms with van der Waals surface area (Å²) in [6, 6.07) is 17.7. The third kappa shape index (κ3) is 19.6. The highest BCUT2D eigenvalue weighted by molar-refractivity contribution is 7.09. The van der Waals surface area contributed by atoms with Gasteiger partial charge in [-0.2, -0.15) is 44.9 Å². The first-order chi connectivity index (χ1) is 50.4. The molecule has 1 aliphatic rings. The monoisotopic (exact) mass is 1520 g/mol. The van der Waals surface area contributed by atoms with E-state index < -0.39 is 0 Å². The first kappa shape index (κ1) is 71.9. The Bertz CT molecular complexity index is 5130. The fourth-order valence-electron chi connectivity index (χ4n) is 9.62. The molecule has 16 rings (SSSR count). The van der Waals surface area contributed by atoms with Gasteiger partial charge in [-0.1, -0.05) is 23.2 Å². The molecular weight excluding hydrogens is 1460 g/mol. The van der Waals surface area contributed by atoms with Crippen LogP contribution < -0.4 is 40.8 Å². The largest absolute Gasteiger partial charge is 0.468 e. The van der Waals surface area contributed by atoms with Crippen LogP contribution in [0, 0.1) is 0 Å². The van der Waals surface area contributed by atoms with Gasteiger partial charge in [0, 0.05) is 93.8 Å². The molecule has 103 heavy (non-hydrogen) atoms. The van der Waals surface area contributed by atoms with Gasteiger partial charge in [0.05, 0.1) is 71.3 Å². The molecule has 0 atom stereocenters. The zero-order chi connectivity index (χ0) is 71.3. The van der Waals surface area contributed by atoms with Gasteiger partial charge in [0.1, 0.15) is 61.9 Å². The summed E-state index contributed by atoms with van der Waals surface area (Å²) in [7, 11) is 3.15. The number of hydrogen-bond donors (Lipinski definition) is 8. The van der Waals surface area contributed by atoms with Crippen LogP contribution in [0.25, 0.3) is 45.0 Å². The Morgan fingerprint density at radius 1 is 0.602 bits per heavy atom. The Morgan fingerprint density at radius 3 is 1.80 bits per heavy atom. The molecule has 0 bridgehead atoms. The first-order valence-electron chi connectivity index (χ1n) is 31.4. The molecule has 532 valence electrons. The number of aliphatic hydroxyl groups is 1. The molecule has 15 aromatic rings. The normalized spacial score (nSPS) is 11.8. The summed E-state index contributed by atoms with van der Waals surface area (Å²) in [5.74, 6) is 5.97. The van der Waals surface area contributed by atoms with Gasteiger partial charge >= 0.3 is 0 Å². The average Bonchev–Trinajstić information content (AvgIpc) is 1.65. The van der Waals surface area contributed by atoms with Gasteiger partial charge in [-0.05, 0) is 102 Å². The topological polar surface area (TPSA) is 408 Å². The summed E-state index contributed by atoms with van der Waals surface area (Å²) < 4.78 is 37.4. The van der Waals surface area contributed by atoms with Crippen LogP contribution in [0.2, 0.25) is 26.2 Å². The maximum atomic E-state index is 9.18. The summed E-state index contributed by atoms with van der Waals surface area (Å²) in [6.45, 7) is 4.09. The third-order valence-electron chi connectivity index (χ3n) is 14.6. The lowest BCUT2D eigenvalue weighted by Gasteiger charge is -2.24. The van der Waals surface area contributed by atoms with Gasteiger partial charge in [0.25, 0.3) is 18.0 Å². The van der Waals surface area contributed by atoms with Crippen molar-refractivity contribution in [1.29, 1.82) is 0 Å². The van der Waals surface area contributed by atoms with E-state index in [-0.39, 0.29) is 28.6 Å². The number of aliphatic hydroxyl groups excluding tert-OH is 1. The SMILES string of the molecule is COCCCOc1nc2nc(Cl)nc(NCc3ccco3)c2[nH]1.COc1nc2c(NCc3ccco3)nc(Cl)nc2n1CCO.Clc1cc(NCc2ccncn2)n2ccnc2n1.Clc1cc(NCc2nccs2)n2ccnc2n1.Clc1nc(NCc2ccncc2)c2[nH]c(OC3CCC3)nc2n1.